The van der Waals surface area contributed by atoms with Gasteiger partial charge < -0.3 is 15.4 Å². The van der Waals surface area contributed by atoms with Crippen molar-refractivity contribution in [3.8, 4) is 5.75 Å². The van der Waals surface area contributed by atoms with E-state index in [0.29, 0.717) is 13.1 Å². The summed E-state index contributed by atoms with van der Waals surface area (Å²) in [5, 5.41) is 5.63. The number of ether oxygens (including phenoxy) is 1. The molecule has 0 saturated heterocycles. The number of carbonyl (C=O) groups is 1. The highest BCUT2D eigenvalue weighted by atomic mass is 16.5. The molecule has 2 amide bonds. The second-order valence-corrected chi connectivity index (χ2v) is 5.17. The number of hydrogen-bond donors (Lipinski definition) is 2. The quantitative estimate of drug-likeness (QED) is 0.862. The Labute approximate surface area is 130 Å². The maximum Gasteiger partial charge on any atom is 0.315 e. The number of rotatable bonds is 6. The number of nitrogens with zero attached hydrogens (tertiary/aromatic N) is 1. The molecule has 5 heteroatoms. The van der Waals surface area contributed by atoms with Crippen LogP contribution in [0.4, 0.5) is 4.79 Å². The van der Waals surface area contributed by atoms with Crippen LogP contribution in [-0.4, -0.2) is 17.1 Å². The highest BCUT2D eigenvalue weighted by molar-refractivity contribution is 5.73. The number of carbonyl (C=O) groups excluding carboxylic acids is 1. The van der Waals surface area contributed by atoms with Crippen molar-refractivity contribution in [2.24, 2.45) is 0 Å². The number of nitrogens with one attached hydrogen (secondary N) is 2. The van der Waals surface area contributed by atoms with Crippen molar-refractivity contribution in [3.05, 3.63) is 59.9 Å². The fraction of sp³-hybridized carbons (Fsp3) is 0.294. The zero-order chi connectivity index (χ0) is 15.8. The SMILES string of the molecule is CC(C)Oc1ccccc1CNC(=O)NCc1cccnc1. The fourth-order valence-electron chi connectivity index (χ4n) is 1.94. The Kier molecular flexibility index (Phi) is 5.77. The topological polar surface area (TPSA) is 63.2 Å². The van der Waals surface area contributed by atoms with Crippen LogP contribution in [0.25, 0.3) is 0 Å². The Hall–Kier alpha value is -2.56. The summed E-state index contributed by atoms with van der Waals surface area (Å²) in [5.41, 5.74) is 1.91. The van der Waals surface area contributed by atoms with E-state index in [2.05, 4.69) is 15.6 Å². The predicted octanol–water partition coefficient (Wildman–Crippen LogP) is 2.87. The summed E-state index contributed by atoms with van der Waals surface area (Å²) >= 11 is 0. The maximum atomic E-state index is 11.8. The standard InChI is InChI=1S/C17H21N3O2/c1-13(2)22-16-8-4-3-7-15(16)12-20-17(21)19-11-14-6-5-9-18-10-14/h3-10,13H,11-12H2,1-2H3,(H2,19,20,21). The van der Waals surface area contributed by atoms with Gasteiger partial charge in [-0.05, 0) is 31.5 Å². The molecule has 0 atom stereocenters. The Bertz CT molecular complexity index is 600. The van der Waals surface area contributed by atoms with Gasteiger partial charge >= 0.3 is 6.03 Å². The summed E-state index contributed by atoms with van der Waals surface area (Å²) in [6.07, 6.45) is 3.53. The van der Waals surface area contributed by atoms with E-state index in [9.17, 15) is 4.79 Å². The first-order chi connectivity index (χ1) is 10.6. The molecule has 1 aromatic carbocycles. The highest BCUT2D eigenvalue weighted by Gasteiger charge is 2.06. The number of para-hydroxylation sites is 1. The Morgan fingerprint density at radius 3 is 2.64 bits per heavy atom. The van der Waals surface area contributed by atoms with Crippen LogP contribution in [0.5, 0.6) is 5.75 Å². The average Bonchev–Trinajstić information content (AvgIpc) is 2.52. The minimum absolute atomic E-state index is 0.0977. The van der Waals surface area contributed by atoms with Crippen molar-refractivity contribution in [2.45, 2.75) is 33.0 Å². The van der Waals surface area contributed by atoms with Crippen molar-refractivity contribution in [3.63, 3.8) is 0 Å². The first kappa shape index (κ1) is 15.8. The molecule has 1 aromatic heterocycles. The third kappa shape index (κ3) is 5.09. The zero-order valence-corrected chi connectivity index (χ0v) is 12.9. The number of urea groups is 1. The molecule has 0 aliphatic rings. The molecule has 116 valence electrons. The lowest BCUT2D eigenvalue weighted by Gasteiger charge is -2.14. The minimum atomic E-state index is -0.219. The normalized spacial score (nSPS) is 10.3. The molecule has 2 aromatic rings. The van der Waals surface area contributed by atoms with Gasteiger partial charge in [-0.2, -0.15) is 0 Å². The summed E-state index contributed by atoms with van der Waals surface area (Å²) < 4.78 is 5.73. The van der Waals surface area contributed by atoms with E-state index in [1.165, 1.54) is 0 Å². The second-order valence-electron chi connectivity index (χ2n) is 5.17. The van der Waals surface area contributed by atoms with Gasteiger partial charge in [0.05, 0.1) is 6.10 Å². The highest BCUT2D eigenvalue weighted by Crippen LogP contribution is 2.18. The molecule has 0 bridgehead atoms. The number of aromatic nitrogens is 1. The molecule has 0 fully saturated rings. The zero-order valence-electron chi connectivity index (χ0n) is 12.9. The van der Waals surface area contributed by atoms with Gasteiger partial charge in [-0.1, -0.05) is 24.3 Å². The average molecular weight is 299 g/mol. The minimum Gasteiger partial charge on any atom is -0.491 e. The predicted molar refractivity (Wildman–Crippen MR) is 85.5 cm³/mol. The van der Waals surface area contributed by atoms with Crippen LogP contribution in [0.15, 0.2) is 48.8 Å². The van der Waals surface area contributed by atoms with Crippen molar-refractivity contribution >= 4 is 6.03 Å². The number of benzene rings is 1. The summed E-state index contributed by atoms with van der Waals surface area (Å²) in [6, 6.07) is 11.2. The summed E-state index contributed by atoms with van der Waals surface area (Å²) in [7, 11) is 0. The van der Waals surface area contributed by atoms with Gasteiger partial charge in [0.1, 0.15) is 5.75 Å². The van der Waals surface area contributed by atoms with E-state index in [0.717, 1.165) is 16.9 Å². The van der Waals surface area contributed by atoms with Gasteiger partial charge in [-0.25, -0.2) is 4.79 Å². The number of hydrogen-bond acceptors (Lipinski definition) is 3. The van der Waals surface area contributed by atoms with Gasteiger partial charge in [-0.3, -0.25) is 4.98 Å². The van der Waals surface area contributed by atoms with E-state index in [-0.39, 0.29) is 12.1 Å². The van der Waals surface area contributed by atoms with Crippen LogP contribution in [0, 0.1) is 0 Å². The van der Waals surface area contributed by atoms with Gasteiger partial charge in [-0.15, -0.1) is 0 Å². The fourth-order valence-corrected chi connectivity index (χ4v) is 1.94. The van der Waals surface area contributed by atoms with Crippen LogP contribution >= 0.6 is 0 Å². The molecule has 0 aliphatic carbocycles. The first-order valence-electron chi connectivity index (χ1n) is 7.30. The van der Waals surface area contributed by atoms with Gasteiger partial charge in [0, 0.05) is 31.0 Å². The van der Waals surface area contributed by atoms with Gasteiger partial charge in [0.15, 0.2) is 0 Å². The molecule has 22 heavy (non-hydrogen) atoms. The smallest absolute Gasteiger partial charge is 0.315 e. The third-order valence-corrected chi connectivity index (χ3v) is 2.95. The van der Waals surface area contributed by atoms with Crippen molar-refractivity contribution in [1.29, 1.82) is 0 Å². The van der Waals surface area contributed by atoms with Crippen LogP contribution < -0.4 is 15.4 Å². The van der Waals surface area contributed by atoms with Crippen LogP contribution in [0.1, 0.15) is 25.0 Å². The van der Waals surface area contributed by atoms with E-state index in [1.807, 2.05) is 50.2 Å². The third-order valence-electron chi connectivity index (χ3n) is 2.95. The molecular weight excluding hydrogens is 278 g/mol. The molecule has 0 aliphatic heterocycles. The van der Waals surface area contributed by atoms with E-state index in [4.69, 9.17) is 4.74 Å². The molecule has 0 saturated carbocycles. The van der Waals surface area contributed by atoms with E-state index < -0.39 is 0 Å². The molecule has 2 N–H and O–H groups in total. The first-order valence-corrected chi connectivity index (χ1v) is 7.30. The van der Waals surface area contributed by atoms with Gasteiger partial charge in [0.2, 0.25) is 0 Å². The molecular formula is C17H21N3O2. The van der Waals surface area contributed by atoms with E-state index in [1.54, 1.807) is 12.4 Å². The van der Waals surface area contributed by atoms with Crippen LogP contribution in [-0.2, 0) is 13.1 Å². The Morgan fingerprint density at radius 1 is 1.14 bits per heavy atom. The van der Waals surface area contributed by atoms with Crippen LogP contribution in [0.3, 0.4) is 0 Å². The van der Waals surface area contributed by atoms with Crippen LogP contribution in [0.2, 0.25) is 0 Å². The number of pyridine rings is 1. The molecule has 0 unspecified atom stereocenters. The molecule has 0 radical (unpaired) electrons. The largest absolute Gasteiger partial charge is 0.491 e. The molecule has 5 nitrogen and oxygen atoms in total. The van der Waals surface area contributed by atoms with Crippen molar-refractivity contribution in [2.75, 3.05) is 0 Å². The maximum absolute atomic E-state index is 11.8. The van der Waals surface area contributed by atoms with Crippen molar-refractivity contribution < 1.29 is 9.53 Å². The lowest BCUT2D eigenvalue weighted by Crippen LogP contribution is -2.34. The number of amides is 2. The molecule has 2 rings (SSSR count). The van der Waals surface area contributed by atoms with Crippen molar-refractivity contribution in [1.82, 2.24) is 15.6 Å². The molecule has 0 spiro atoms. The monoisotopic (exact) mass is 299 g/mol. The Balaban J connectivity index is 1.83. The summed E-state index contributed by atoms with van der Waals surface area (Å²) in [5.74, 6) is 0.796. The summed E-state index contributed by atoms with van der Waals surface area (Å²) in [4.78, 5) is 15.8. The van der Waals surface area contributed by atoms with Gasteiger partial charge in [0.25, 0.3) is 0 Å². The summed E-state index contributed by atoms with van der Waals surface area (Å²) in [6.45, 7) is 4.82. The Morgan fingerprint density at radius 2 is 1.91 bits per heavy atom. The lowest BCUT2D eigenvalue weighted by molar-refractivity contribution is 0.235. The lowest BCUT2D eigenvalue weighted by atomic mass is 10.2. The molecule has 1 heterocycles. The second kappa shape index (κ2) is 8.02. The van der Waals surface area contributed by atoms with E-state index >= 15 is 0 Å².